The monoisotopic (exact) mass is 267 g/mol. The Morgan fingerprint density at radius 1 is 1.05 bits per heavy atom. The zero-order valence-corrected chi connectivity index (χ0v) is 13.3. The van der Waals surface area contributed by atoms with Crippen LogP contribution in [0.25, 0.3) is 0 Å². The highest BCUT2D eigenvalue weighted by atomic mass is 16.5. The van der Waals surface area contributed by atoms with E-state index < -0.39 is 0 Å². The first-order chi connectivity index (χ1) is 9.13. The molecule has 2 rings (SSSR count). The summed E-state index contributed by atoms with van der Waals surface area (Å²) in [4.78, 5) is 0. The summed E-state index contributed by atoms with van der Waals surface area (Å²) in [7, 11) is 0. The predicted octanol–water partition coefficient (Wildman–Crippen LogP) is 3.99. The molecule has 1 N–H and O–H groups in total. The lowest BCUT2D eigenvalue weighted by atomic mass is 9.76. The molecule has 2 fully saturated rings. The molecule has 0 amide bonds. The third-order valence-electron chi connectivity index (χ3n) is 5.56. The molecular weight excluding hydrogens is 234 g/mol. The lowest BCUT2D eigenvalue weighted by Crippen LogP contribution is -2.43. The molecule has 0 radical (unpaired) electrons. The Balaban J connectivity index is 1.97. The maximum atomic E-state index is 6.06. The van der Waals surface area contributed by atoms with Crippen LogP contribution in [0.2, 0.25) is 0 Å². The Bertz CT molecular complexity index is 262. The van der Waals surface area contributed by atoms with Crippen molar-refractivity contribution in [3.05, 3.63) is 0 Å². The first-order valence-corrected chi connectivity index (χ1v) is 8.52. The molecule has 1 aliphatic heterocycles. The molecule has 0 spiro atoms. The maximum Gasteiger partial charge on any atom is 0.0597 e. The second-order valence-corrected chi connectivity index (χ2v) is 6.89. The van der Waals surface area contributed by atoms with E-state index in [-0.39, 0.29) is 0 Å². The fourth-order valence-electron chi connectivity index (χ4n) is 4.41. The summed E-state index contributed by atoms with van der Waals surface area (Å²) in [5, 5.41) is 3.77. The molecular formula is C17H33NO. The minimum Gasteiger partial charge on any atom is -0.375 e. The van der Waals surface area contributed by atoms with Gasteiger partial charge in [0.15, 0.2) is 0 Å². The van der Waals surface area contributed by atoms with Crippen molar-refractivity contribution in [2.75, 3.05) is 6.54 Å². The molecule has 1 saturated heterocycles. The van der Waals surface area contributed by atoms with Crippen LogP contribution in [0.15, 0.2) is 0 Å². The van der Waals surface area contributed by atoms with E-state index in [1.165, 1.54) is 38.5 Å². The summed E-state index contributed by atoms with van der Waals surface area (Å²) >= 11 is 0. The fourth-order valence-corrected chi connectivity index (χ4v) is 4.41. The summed E-state index contributed by atoms with van der Waals surface area (Å²) in [5.74, 6) is 2.33. The Labute approximate surface area is 119 Å². The Morgan fingerprint density at radius 2 is 1.74 bits per heavy atom. The first-order valence-electron chi connectivity index (χ1n) is 8.52. The standard InChI is InChI=1S/C17H33NO/c1-5-18-16(11-15-9-7-6-8-10-15)17-12(2)13(3)19-14(17)4/h12-18H,5-11H2,1-4H3. The number of hydrogen-bond acceptors (Lipinski definition) is 2. The molecule has 1 saturated carbocycles. The van der Waals surface area contributed by atoms with Gasteiger partial charge in [-0.2, -0.15) is 0 Å². The van der Waals surface area contributed by atoms with Gasteiger partial charge in [0.05, 0.1) is 12.2 Å². The lowest BCUT2D eigenvalue weighted by molar-refractivity contribution is 0.0461. The number of ether oxygens (including phenoxy) is 1. The first kappa shape index (κ1) is 15.3. The molecule has 5 atom stereocenters. The number of rotatable bonds is 5. The molecule has 0 bridgehead atoms. The normalized spacial score (nSPS) is 38.5. The number of nitrogens with one attached hydrogen (secondary N) is 1. The maximum absolute atomic E-state index is 6.06. The van der Waals surface area contributed by atoms with Gasteiger partial charge in [-0.3, -0.25) is 0 Å². The van der Waals surface area contributed by atoms with Gasteiger partial charge >= 0.3 is 0 Å². The van der Waals surface area contributed by atoms with Gasteiger partial charge in [0.1, 0.15) is 0 Å². The third kappa shape index (κ3) is 3.72. The molecule has 5 unspecified atom stereocenters. The van der Waals surface area contributed by atoms with Gasteiger partial charge < -0.3 is 10.1 Å². The molecule has 2 aliphatic rings. The molecule has 0 aromatic carbocycles. The average molecular weight is 267 g/mol. The van der Waals surface area contributed by atoms with Gasteiger partial charge in [0.25, 0.3) is 0 Å². The van der Waals surface area contributed by atoms with Crippen LogP contribution < -0.4 is 5.32 Å². The molecule has 0 aromatic rings. The van der Waals surface area contributed by atoms with Crippen molar-refractivity contribution in [1.82, 2.24) is 5.32 Å². The van der Waals surface area contributed by atoms with E-state index in [0.29, 0.717) is 30.1 Å². The van der Waals surface area contributed by atoms with E-state index in [4.69, 9.17) is 4.74 Å². The minimum absolute atomic E-state index is 0.414. The second kappa shape index (κ2) is 7.08. The van der Waals surface area contributed by atoms with E-state index in [1.54, 1.807) is 0 Å². The van der Waals surface area contributed by atoms with Gasteiger partial charge in [0.2, 0.25) is 0 Å². The van der Waals surface area contributed by atoms with Crippen LogP contribution in [0.1, 0.15) is 66.2 Å². The van der Waals surface area contributed by atoms with Crippen LogP contribution >= 0.6 is 0 Å². The third-order valence-corrected chi connectivity index (χ3v) is 5.56. The van der Waals surface area contributed by atoms with Crippen LogP contribution in [-0.4, -0.2) is 24.8 Å². The predicted molar refractivity (Wildman–Crippen MR) is 81.3 cm³/mol. The van der Waals surface area contributed by atoms with E-state index in [2.05, 4.69) is 33.0 Å². The van der Waals surface area contributed by atoms with Crippen molar-refractivity contribution >= 4 is 0 Å². The summed E-state index contributed by atoms with van der Waals surface area (Å²) in [6.07, 6.45) is 9.47. The molecule has 2 heteroatoms. The van der Waals surface area contributed by atoms with Crippen LogP contribution in [0.3, 0.4) is 0 Å². The van der Waals surface area contributed by atoms with E-state index in [1.807, 2.05) is 0 Å². The zero-order valence-electron chi connectivity index (χ0n) is 13.3. The van der Waals surface area contributed by atoms with Crippen molar-refractivity contribution in [2.24, 2.45) is 17.8 Å². The van der Waals surface area contributed by atoms with Crippen molar-refractivity contribution in [2.45, 2.75) is 84.5 Å². The summed E-state index contributed by atoms with van der Waals surface area (Å²) < 4.78 is 6.06. The summed E-state index contributed by atoms with van der Waals surface area (Å²) in [6, 6.07) is 0.656. The van der Waals surface area contributed by atoms with Crippen molar-refractivity contribution in [1.29, 1.82) is 0 Å². The smallest absolute Gasteiger partial charge is 0.0597 e. The highest BCUT2D eigenvalue weighted by Crippen LogP contribution is 2.38. The highest BCUT2D eigenvalue weighted by Gasteiger charge is 2.41. The van der Waals surface area contributed by atoms with Gasteiger partial charge in [-0.05, 0) is 38.6 Å². The highest BCUT2D eigenvalue weighted by molar-refractivity contribution is 4.92. The Hall–Kier alpha value is -0.0800. The van der Waals surface area contributed by atoms with Gasteiger partial charge in [-0.1, -0.05) is 46.0 Å². The number of hydrogen-bond donors (Lipinski definition) is 1. The van der Waals surface area contributed by atoms with Gasteiger partial charge in [-0.25, -0.2) is 0 Å². The summed E-state index contributed by atoms with van der Waals surface area (Å²) in [5.41, 5.74) is 0. The van der Waals surface area contributed by atoms with Crippen LogP contribution in [0.5, 0.6) is 0 Å². The SMILES string of the molecule is CCNC(CC1CCCCC1)C1C(C)OC(C)C1C. The minimum atomic E-state index is 0.414. The molecule has 19 heavy (non-hydrogen) atoms. The molecule has 2 nitrogen and oxygen atoms in total. The fraction of sp³-hybridized carbons (Fsp3) is 1.00. The van der Waals surface area contributed by atoms with E-state index >= 15 is 0 Å². The zero-order chi connectivity index (χ0) is 13.8. The molecule has 112 valence electrons. The van der Waals surface area contributed by atoms with Gasteiger partial charge in [0, 0.05) is 12.0 Å². The second-order valence-electron chi connectivity index (χ2n) is 6.89. The van der Waals surface area contributed by atoms with Crippen LogP contribution in [0, 0.1) is 17.8 Å². The lowest BCUT2D eigenvalue weighted by Gasteiger charge is -2.34. The molecule has 1 heterocycles. The van der Waals surface area contributed by atoms with Crippen LogP contribution in [-0.2, 0) is 4.74 Å². The van der Waals surface area contributed by atoms with Gasteiger partial charge in [-0.15, -0.1) is 0 Å². The Kier molecular flexibility index (Phi) is 5.70. The molecule has 0 aromatic heterocycles. The van der Waals surface area contributed by atoms with Crippen molar-refractivity contribution < 1.29 is 4.74 Å². The average Bonchev–Trinajstić information content (AvgIpc) is 2.64. The largest absolute Gasteiger partial charge is 0.375 e. The summed E-state index contributed by atoms with van der Waals surface area (Å²) in [6.45, 7) is 10.2. The van der Waals surface area contributed by atoms with Crippen LogP contribution in [0.4, 0.5) is 0 Å². The van der Waals surface area contributed by atoms with E-state index in [9.17, 15) is 0 Å². The topological polar surface area (TPSA) is 21.3 Å². The van der Waals surface area contributed by atoms with Crippen molar-refractivity contribution in [3.8, 4) is 0 Å². The Morgan fingerprint density at radius 3 is 2.26 bits per heavy atom. The molecule has 1 aliphatic carbocycles. The van der Waals surface area contributed by atoms with Crippen molar-refractivity contribution in [3.63, 3.8) is 0 Å². The quantitative estimate of drug-likeness (QED) is 0.813. The van der Waals surface area contributed by atoms with E-state index in [0.717, 1.165) is 12.5 Å².